The van der Waals surface area contributed by atoms with Crippen molar-refractivity contribution in [1.82, 2.24) is 15.0 Å². The van der Waals surface area contributed by atoms with Crippen LogP contribution < -0.4 is 0 Å². The van der Waals surface area contributed by atoms with Gasteiger partial charge in [-0.3, -0.25) is 14.4 Å². The summed E-state index contributed by atoms with van der Waals surface area (Å²) in [6, 6.07) is 9.17. The molecule has 29 heavy (non-hydrogen) atoms. The van der Waals surface area contributed by atoms with E-state index in [1.807, 2.05) is 30.3 Å². The number of aromatic nitrogens is 3. The minimum Gasteiger partial charge on any atom is -0.462 e. The van der Waals surface area contributed by atoms with E-state index in [1.54, 1.807) is 0 Å². The quantitative estimate of drug-likeness (QED) is 0.450. The molecule has 0 aliphatic heterocycles. The van der Waals surface area contributed by atoms with Crippen molar-refractivity contribution < 1.29 is 33.3 Å². The number of para-hydroxylation sites is 1. The molecule has 156 valence electrons. The van der Waals surface area contributed by atoms with Crippen LogP contribution in [0.5, 0.6) is 0 Å². The monoisotopic (exact) mass is 405 g/mol. The zero-order valence-corrected chi connectivity index (χ0v) is 16.6. The van der Waals surface area contributed by atoms with E-state index < -0.39 is 36.2 Å². The lowest BCUT2D eigenvalue weighted by Crippen LogP contribution is -2.43. The minimum absolute atomic E-state index is 0.320. The normalized spacial score (nSPS) is 13.8. The lowest BCUT2D eigenvalue weighted by Gasteiger charge is -2.30. The zero-order valence-electron chi connectivity index (χ0n) is 16.6. The Balaban J connectivity index is 2.36. The molecule has 0 unspecified atom stereocenters. The van der Waals surface area contributed by atoms with Crippen LogP contribution in [0.2, 0.25) is 0 Å². The van der Waals surface area contributed by atoms with E-state index in [-0.39, 0.29) is 6.61 Å². The Labute approximate surface area is 167 Å². The van der Waals surface area contributed by atoms with Crippen molar-refractivity contribution >= 4 is 17.9 Å². The lowest BCUT2D eigenvalue weighted by molar-refractivity contribution is -0.185. The summed E-state index contributed by atoms with van der Waals surface area (Å²) in [6.45, 7) is 3.29. The maximum atomic E-state index is 11.7. The average molecular weight is 405 g/mol. The van der Waals surface area contributed by atoms with Crippen LogP contribution in [0.25, 0.3) is 5.69 Å². The van der Waals surface area contributed by atoms with Gasteiger partial charge in [-0.1, -0.05) is 18.2 Å². The first kappa shape index (κ1) is 22.0. The van der Waals surface area contributed by atoms with E-state index in [4.69, 9.17) is 18.9 Å². The van der Waals surface area contributed by atoms with Gasteiger partial charge in [0.05, 0.1) is 11.9 Å². The Morgan fingerprint density at radius 1 is 1.00 bits per heavy atom. The molecule has 0 aliphatic carbocycles. The van der Waals surface area contributed by atoms with Gasteiger partial charge in [-0.2, -0.15) is 15.0 Å². The molecular formula is C19H23N3O7. The van der Waals surface area contributed by atoms with Gasteiger partial charge in [0.15, 0.2) is 12.2 Å². The molecule has 0 saturated carbocycles. The molecular weight excluding hydrogens is 382 g/mol. The second kappa shape index (κ2) is 10.3. The predicted molar refractivity (Wildman–Crippen MR) is 98.9 cm³/mol. The number of carbonyl (C=O) groups is 3. The molecule has 1 heterocycles. The van der Waals surface area contributed by atoms with E-state index in [0.717, 1.165) is 0 Å². The molecule has 0 aliphatic rings. The molecule has 1 aromatic heterocycles. The Kier molecular flexibility index (Phi) is 7.84. The Bertz CT molecular complexity index is 837. The Morgan fingerprint density at radius 3 is 2.21 bits per heavy atom. The highest BCUT2D eigenvalue weighted by atomic mass is 16.6. The van der Waals surface area contributed by atoms with Crippen LogP contribution in [-0.2, 0) is 33.3 Å². The maximum Gasteiger partial charge on any atom is 0.303 e. The summed E-state index contributed by atoms with van der Waals surface area (Å²) in [5.74, 6) is -1.85. The zero-order chi connectivity index (χ0) is 21.4. The summed E-state index contributed by atoms with van der Waals surface area (Å²) in [5, 5.41) is 8.58. The van der Waals surface area contributed by atoms with E-state index in [9.17, 15) is 14.4 Å². The number of benzene rings is 1. The van der Waals surface area contributed by atoms with Crippen LogP contribution in [0.1, 0.15) is 32.6 Å². The third-order valence-electron chi connectivity index (χ3n) is 3.78. The van der Waals surface area contributed by atoms with Crippen molar-refractivity contribution in [3.8, 4) is 5.69 Å². The molecule has 1 aromatic carbocycles. The van der Waals surface area contributed by atoms with Gasteiger partial charge in [0.25, 0.3) is 0 Å². The highest BCUT2D eigenvalue weighted by Gasteiger charge is 2.38. The number of hydrogen-bond donors (Lipinski definition) is 0. The summed E-state index contributed by atoms with van der Waals surface area (Å²) in [4.78, 5) is 35.9. The van der Waals surface area contributed by atoms with Gasteiger partial charge in [-0.15, -0.1) is 0 Å². The molecule has 2 rings (SSSR count). The van der Waals surface area contributed by atoms with Gasteiger partial charge in [0, 0.05) is 27.9 Å². The average Bonchev–Trinajstić information content (AvgIpc) is 3.15. The van der Waals surface area contributed by atoms with Crippen molar-refractivity contribution in [3.05, 3.63) is 42.2 Å². The predicted octanol–water partition coefficient (Wildman–Crippen LogP) is 1.38. The maximum absolute atomic E-state index is 11.7. The van der Waals surface area contributed by atoms with Crippen LogP contribution in [0, 0.1) is 0 Å². The first-order valence-corrected chi connectivity index (χ1v) is 8.80. The summed E-state index contributed by atoms with van der Waals surface area (Å²) < 4.78 is 21.1. The van der Waals surface area contributed by atoms with Crippen molar-refractivity contribution in [2.24, 2.45) is 0 Å². The Hall–Kier alpha value is -3.27. The van der Waals surface area contributed by atoms with Gasteiger partial charge < -0.3 is 18.9 Å². The molecule has 0 fully saturated rings. The van der Waals surface area contributed by atoms with E-state index in [1.165, 1.54) is 38.9 Å². The third-order valence-corrected chi connectivity index (χ3v) is 3.78. The van der Waals surface area contributed by atoms with Gasteiger partial charge >= 0.3 is 17.9 Å². The molecule has 0 bridgehead atoms. The molecule has 0 N–H and O–H groups in total. The van der Waals surface area contributed by atoms with Crippen molar-refractivity contribution in [3.63, 3.8) is 0 Å². The highest BCUT2D eigenvalue weighted by Crippen LogP contribution is 2.26. The number of nitrogens with zero attached hydrogens (tertiary/aromatic N) is 3. The number of esters is 3. The molecule has 0 spiro atoms. The summed E-state index contributed by atoms with van der Waals surface area (Å²) in [5.41, 5.74) is 1.05. The topological polar surface area (TPSA) is 119 Å². The van der Waals surface area contributed by atoms with Gasteiger partial charge in [-0.25, -0.2) is 0 Å². The van der Waals surface area contributed by atoms with Gasteiger partial charge in [-0.05, 0) is 12.1 Å². The van der Waals surface area contributed by atoms with Crippen LogP contribution in [0.3, 0.4) is 0 Å². The van der Waals surface area contributed by atoms with Crippen LogP contribution in [0.4, 0.5) is 0 Å². The molecule has 3 atom stereocenters. The Morgan fingerprint density at radius 2 is 1.66 bits per heavy atom. The fourth-order valence-electron chi connectivity index (χ4n) is 2.65. The smallest absolute Gasteiger partial charge is 0.303 e. The van der Waals surface area contributed by atoms with Crippen molar-refractivity contribution in [2.45, 2.75) is 39.1 Å². The van der Waals surface area contributed by atoms with Gasteiger partial charge in [0.1, 0.15) is 18.4 Å². The number of ether oxygens (including phenoxy) is 4. The standard InChI is InChI=1S/C19H23N3O7/c1-12(23)27-11-17(28-13(2)24)19(29-14(3)25)18(26-4)16-10-20-22(21-16)15-8-6-5-7-9-15/h5-10,17-19H,11H2,1-4H3/t17-,18-,19-/m1/s1. The summed E-state index contributed by atoms with van der Waals surface area (Å²) >= 11 is 0. The molecule has 10 nitrogen and oxygen atoms in total. The van der Waals surface area contributed by atoms with Gasteiger partial charge in [0.2, 0.25) is 0 Å². The largest absolute Gasteiger partial charge is 0.462 e. The molecule has 0 radical (unpaired) electrons. The summed E-state index contributed by atoms with van der Waals surface area (Å²) in [6.07, 6.45) is -1.71. The van der Waals surface area contributed by atoms with Crippen LogP contribution in [0.15, 0.2) is 36.5 Å². The number of carbonyl (C=O) groups excluding carboxylic acids is 3. The number of methoxy groups -OCH3 is 1. The first-order chi connectivity index (χ1) is 13.8. The number of rotatable bonds is 9. The minimum atomic E-state index is -1.12. The van der Waals surface area contributed by atoms with Crippen LogP contribution >= 0.6 is 0 Å². The van der Waals surface area contributed by atoms with Crippen molar-refractivity contribution in [2.75, 3.05) is 13.7 Å². The molecule has 0 amide bonds. The second-order valence-corrected chi connectivity index (χ2v) is 6.08. The fraction of sp³-hybridized carbons (Fsp3) is 0.421. The van der Waals surface area contributed by atoms with E-state index >= 15 is 0 Å². The highest BCUT2D eigenvalue weighted by molar-refractivity contribution is 5.68. The molecule has 10 heteroatoms. The number of hydrogen-bond acceptors (Lipinski definition) is 9. The van der Waals surface area contributed by atoms with Crippen LogP contribution in [-0.4, -0.2) is 58.8 Å². The molecule has 0 saturated heterocycles. The van der Waals surface area contributed by atoms with E-state index in [2.05, 4.69) is 10.2 Å². The first-order valence-electron chi connectivity index (χ1n) is 8.80. The third kappa shape index (κ3) is 6.39. The van der Waals surface area contributed by atoms with Crippen molar-refractivity contribution in [1.29, 1.82) is 0 Å². The fourth-order valence-corrected chi connectivity index (χ4v) is 2.65. The second-order valence-electron chi connectivity index (χ2n) is 6.08. The lowest BCUT2D eigenvalue weighted by atomic mass is 10.1. The van der Waals surface area contributed by atoms with E-state index in [0.29, 0.717) is 11.4 Å². The summed E-state index contributed by atoms with van der Waals surface area (Å²) in [7, 11) is 1.39. The SMILES string of the molecule is CO[C@H](c1cnn(-c2ccccc2)n1)[C@H](OC(C)=O)[C@@H](COC(C)=O)OC(C)=O. The molecule has 2 aromatic rings.